The third-order valence-electron chi connectivity index (χ3n) is 3.35. The number of hydrogen-bond acceptors (Lipinski definition) is 0. The molecule has 0 aliphatic heterocycles. The van der Waals surface area contributed by atoms with E-state index in [0.29, 0.717) is 5.92 Å². The number of halogens is 1. The summed E-state index contributed by atoms with van der Waals surface area (Å²) < 4.78 is 0. The molecule has 0 amide bonds. The monoisotopic (exact) mass is 286 g/mol. The van der Waals surface area contributed by atoms with Crippen LogP contribution in [-0.2, 0) is 6.42 Å². The molecule has 0 aromatic heterocycles. The molecule has 0 heterocycles. The van der Waals surface area contributed by atoms with Gasteiger partial charge in [-0.1, -0.05) is 79.1 Å². The van der Waals surface area contributed by atoms with E-state index in [0.717, 1.165) is 21.0 Å². The zero-order valence-corrected chi connectivity index (χ0v) is 13.0. The first-order chi connectivity index (χ1) is 9.27. The first-order valence-electron chi connectivity index (χ1n) is 6.76. The lowest BCUT2D eigenvalue weighted by atomic mass is 10.0. The van der Waals surface area contributed by atoms with Gasteiger partial charge >= 0.3 is 0 Å². The van der Waals surface area contributed by atoms with E-state index in [2.05, 4.69) is 49.4 Å². The Bertz CT molecular complexity index is 496. The second kappa shape index (κ2) is 7.52. The van der Waals surface area contributed by atoms with Crippen LogP contribution in [0.1, 0.15) is 24.0 Å². The lowest BCUT2D eigenvalue weighted by Crippen LogP contribution is -2.00. The van der Waals surface area contributed by atoms with Crippen molar-refractivity contribution in [2.45, 2.75) is 31.4 Å². The van der Waals surface area contributed by atoms with Crippen LogP contribution in [0.4, 0.5) is 0 Å². The molecule has 0 aliphatic carbocycles. The van der Waals surface area contributed by atoms with E-state index in [9.17, 15) is 0 Å². The molecule has 98 valence electrons. The second-order valence-electron chi connectivity index (χ2n) is 4.86. The van der Waals surface area contributed by atoms with Crippen LogP contribution in [0.5, 0.6) is 0 Å². The molecule has 1 atom stereocenters. The van der Waals surface area contributed by atoms with E-state index in [1.54, 1.807) is 0 Å². The Morgan fingerprint density at radius 2 is 1.68 bits per heavy atom. The lowest BCUT2D eigenvalue weighted by molar-refractivity contribution is 0.854. The Balaban J connectivity index is 1.74. The molecule has 0 bridgehead atoms. The van der Waals surface area contributed by atoms with Crippen LogP contribution in [-0.4, -0.2) is 9.52 Å². The third kappa shape index (κ3) is 4.52. The van der Waals surface area contributed by atoms with Gasteiger partial charge in [0.1, 0.15) is 0 Å². The molecular formula is C17H19ClSi. The van der Waals surface area contributed by atoms with Crippen LogP contribution < -0.4 is 0 Å². The molecule has 19 heavy (non-hydrogen) atoms. The van der Waals surface area contributed by atoms with Gasteiger partial charge in [-0.05, 0) is 29.5 Å². The highest BCUT2D eigenvalue weighted by molar-refractivity contribution is 6.36. The molecule has 2 rings (SSSR count). The van der Waals surface area contributed by atoms with Crippen LogP contribution in [0.3, 0.4) is 0 Å². The molecule has 0 spiro atoms. The van der Waals surface area contributed by atoms with Gasteiger partial charge in [-0.2, -0.15) is 0 Å². The number of aryl methyl sites for hydroxylation is 1. The number of hydrogen-bond donors (Lipinski definition) is 0. The van der Waals surface area contributed by atoms with Crippen molar-refractivity contribution in [3.63, 3.8) is 0 Å². The lowest BCUT2D eigenvalue weighted by Gasteiger charge is -2.11. The summed E-state index contributed by atoms with van der Waals surface area (Å²) in [5, 5.41) is 0.906. The average molecular weight is 287 g/mol. The predicted octanol–water partition coefficient (Wildman–Crippen LogP) is 5.23. The fourth-order valence-corrected chi connectivity index (χ4v) is 3.69. The third-order valence-corrected chi connectivity index (χ3v) is 5.22. The van der Waals surface area contributed by atoms with E-state index < -0.39 is 0 Å². The highest BCUT2D eigenvalue weighted by Gasteiger charge is 2.05. The maximum absolute atomic E-state index is 6.16. The summed E-state index contributed by atoms with van der Waals surface area (Å²) >= 11 is 6.16. The summed E-state index contributed by atoms with van der Waals surface area (Å²) in [4.78, 5) is 0. The quantitative estimate of drug-likeness (QED) is 0.504. The standard InChI is InChI=1S/C17H19ClSi/c1-14(15-7-3-2-4-8-15)13-19-12-11-16-9-5-6-10-17(16)18/h2-10,14H,11-13H2,1H3. The second-order valence-corrected chi connectivity index (χ2v) is 6.67. The van der Waals surface area contributed by atoms with Crippen LogP contribution in [0.25, 0.3) is 0 Å². The van der Waals surface area contributed by atoms with Gasteiger partial charge in [0.25, 0.3) is 0 Å². The Hall–Kier alpha value is -1.05. The van der Waals surface area contributed by atoms with Crippen molar-refractivity contribution >= 4 is 21.1 Å². The molecule has 2 heteroatoms. The Labute approximate surface area is 123 Å². The molecule has 0 saturated carbocycles. The van der Waals surface area contributed by atoms with Crippen molar-refractivity contribution in [2.24, 2.45) is 0 Å². The number of benzene rings is 2. The highest BCUT2D eigenvalue weighted by Crippen LogP contribution is 2.20. The molecule has 1 unspecified atom stereocenters. The van der Waals surface area contributed by atoms with Gasteiger partial charge in [-0.15, -0.1) is 0 Å². The Morgan fingerprint density at radius 1 is 1.00 bits per heavy atom. The van der Waals surface area contributed by atoms with Gasteiger partial charge in [0.05, 0.1) is 0 Å². The molecule has 2 aromatic carbocycles. The largest absolute Gasteiger partial charge is 0.0840 e. The first kappa shape index (κ1) is 14.4. The van der Waals surface area contributed by atoms with Gasteiger partial charge in [0.15, 0.2) is 0 Å². The van der Waals surface area contributed by atoms with Crippen LogP contribution in [0.15, 0.2) is 54.6 Å². The fourth-order valence-electron chi connectivity index (χ4n) is 2.14. The van der Waals surface area contributed by atoms with E-state index in [1.807, 2.05) is 12.1 Å². The van der Waals surface area contributed by atoms with Crippen LogP contribution in [0.2, 0.25) is 17.1 Å². The normalized spacial score (nSPS) is 12.3. The topological polar surface area (TPSA) is 0 Å². The summed E-state index contributed by atoms with van der Waals surface area (Å²) in [6.45, 7) is 2.32. The van der Waals surface area contributed by atoms with Crippen LogP contribution in [0, 0.1) is 0 Å². The fraction of sp³-hybridized carbons (Fsp3) is 0.294. The van der Waals surface area contributed by atoms with Crippen molar-refractivity contribution in [1.29, 1.82) is 0 Å². The molecule has 0 N–H and O–H groups in total. The van der Waals surface area contributed by atoms with Gasteiger partial charge in [0, 0.05) is 14.5 Å². The molecule has 0 aliphatic rings. The van der Waals surface area contributed by atoms with E-state index in [1.165, 1.54) is 23.2 Å². The predicted molar refractivity (Wildman–Crippen MR) is 85.4 cm³/mol. The SMILES string of the molecule is CC(C[Si]CCc1ccccc1Cl)c1ccccc1. The highest BCUT2D eigenvalue weighted by atomic mass is 35.5. The minimum Gasteiger partial charge on any atom is -0.0840 e. The maximum Gasteiger partial charge on any atom is 0.0437 e. The van der Waals surface area contributed by atoms with Crippen molar-refractivity contribution in [1.82, 2.24) is 0 Å². The Morgan fingerprint density at radius 3 is 2.42 bits per heavy atom. The molecule has 0 saturated heterocycles. The van der Waals surface area contributed by atoms with Crippen LogP contribution >= 0.6 is 11.6 Å². The first-order valence-corrected chi connectivity index (χ1v) is 8.55. The Kier molecular flexibility index (Phi) is 5.68. The molecule has 2 radical (unpaired) electrons. The van der Waals surface area contributed by atoms with E-state index >= 15 is 0 Å². The molecule has 2 aromatic rings. The summed E-state index contributed by atoms with van der Waals surface area (Å²) in [5.41, 5.74) is 2.73. The molecule has 0 fully saturated rings. The number of rotatable bonds is 6. The zero-order valence-electron chi connectivity index (χ0n) is 11.3. The van der Waals surface area contributed by atoms with Gasteiger partial charge < -0.3 is 0 Å². The zero-order chi connectivity index (χ0) is 13.5. The average Bonchev–Trinajstić information content (AvgIpc) is 2.46. The smallest absolute Gasteiger partial charge is 0.0437 e. The molecular weight excluding hydrogens is 268 g/mol. The van der Waals surface area contributed by atoms with Crippen molar-refractivity contribution in [3.8, 4) is 0 Å². The molecule has 0 nitrogen and oxygen atoms in total. The van der Waals surface area contributed by atoms with Crippen molar-refractivity contribution in [3.05, 3.63) is 70.7 Å². The van der Waals surface area contributed by atoms with Crippen molar-refractivity contribution in [2.75, 3.05) is 0 Å². The summed E-state index contributed by atoms with van der Waals surface area (Å²) in [7, 11) is 1.00. The van der Waals surface area contributed by atoms with E-state index in [4.69, 9.17) is 11.6 Å². The van der Waals surface area contributed by atoms with E-state index in [-0.39, 0.29) is 0 Å². The summed E-state index contributed by atoms with van der Waals surface area (Å²) in [6, 6.07) is 21.5. The summed E-state index contributed by atoms with van der Waals surface area (Å²) in [6.07, 6.45) is 1.10. The minimum atomic E-state index is 0.658. The summed E-state index contributed by atoms with van der Waals surface area (Å²) in [5.74, 6) is 0.658. The minimum absolute atomic E-state index is 0.658. The van der Waals surface area contributed by atoms with Gasteiger partial charge in [0.2, 0.25) is 0 Å². The van der Waals surface area contributed by atoms with Gasteiger partial charge in [-0.3, -0.25) is 0 Å². The maximum atomic E-state index is 6.16. The van der Waals surface area contributed by atoms with Crippen molar-refractivity contribution < 1.29 is 0 Å². The van der Waals surface area contributed by atoms with Gasteiger partial charge in [-0.25, -0.2) is 0 Å².